The Morgan fingerprint density at radius 1 is 1.37 bits per heavy atom. The fourth-order valence-electron chi connectivity index (χ4n) is 1.47. The Kier molecular flexibility index (Phi) is 4.39. The summed E-state index contributed by atoms with van der Waals surface area (Å²) in [6.45, 7) is 0. The Morgan fingerprint density at radius 3 is 2.89 bits per heavy atom. The second kappa shape index (κ2) is 6.04. The van der Waals surface area contributed by atoms with Gasteiger partial charge in [-0.05, 0) is 23.8 Å². The Balaban J connectivity index is 2.19. The van der Waals surface area contributed by atoms with E-state index in [-0.39, 0.29) is 16.3 Å². The Hall–Kier alpha value is -1.59. The van der Waals surface area contributed by atoms with Crippen LogP contribution in [0.2, 0.25) is 5.02 Å². The van der Waals surface area contributed by atoms with Crippen LogP contribution in [0.15, 0.2) is 41.6 Å². The molecule has 0 aliphatic heterocycles. The molecule has 6 heteroatoms. The summed E-state index contributed by atoms with van der Waals surface area (Å²) in [5, 5.41) is 9.42. The molecule has 0 aliphatic rings. The zero-order chi connectivity index (χ0) is 13.8. The van der Waals surface area contributed by atoms with Crippen molar-refractivity contribution >= 4 is 29.3 Å². The quantitative estimate of drug-likeness (QED) is 0.871. The van der Waals surface area contributed by atoms with Crippen LogP contribution in [0, 0.1) is 5.82 Å². The largest absolute Gasteiger partial charge is 0.478 e. The maximum Gasteiger partial charge on any atom is 0.338 e. The van der Waals surface area contributed by atoms with E-state index >= 15 is 0 Å². The lowest BCUT2D eigenvalue weighted by atomic mass is 10.2. The molecule has 0 bridgehead atoms. The van der Waals surface area contributed by atoms with E-state index < -0.39 is 11.8 Å². The van der Waals surface area contributed by atoms with Crippen molar-refractivity contribution in [2.75, 3.05) is 0 Å². The van der Waals surface area contributed by atoms with E-state index in [9.17, 15) is 9.18 Å². The van der Waals surface area contributed by atoms with Gasteiger partial charge < -0.3 is 5.11 Å². The van der Waals surface area contributed by atoms with Gasteiger partial charge in [0.05, 0.1) is 10.6 Å². The van der Waals surface area contributed by atoms with Crippen LogP contribution in [-0.2, 0) is 5.75 Å². The molecule has 19 heavy (non-hydrogen) atoms. The molecule has 0 aliphatic carbocycles. The number of carbonyl (C=O) groups is 1. The van der Waals surface area contributed by atoms with E-state index in [2.05, 4.69) is 4.98 Å². The van der Waals surface area contributed by atoms with Crippen molar-refractivity contribution in [1.82, 2.24) is 4.98 Å². The van der Waals surface area contributed by atoms with Crippen molar-refractivity contribution in [1.29, 1.82) is 0 Å². The van der Waals surface area contributed by atoms with Crippen molar-refractivity contribution in [3.05, 3.63) is 58.5 Å². The zero-order valence-corrected chi connectivity index (χ0v) is 11.2. The Bertz CT molecular complexity index is 621. The summed E-state index contributed by atoms with van der Waals surface area (Å²) < 4.78 is 13.7. The first-order valence-corrected chi connectivity index (χ1v) is 6.70. The zero-order valence-electron chi connectivity index (χ0n) is 9.64. The van der Waals surface area contributed by atoms with Crippen LogP contribution < -0.4 is 0 Å². The minimum Gasteiger partial charge on any atom is -0.478 e. The van der Waals surface area contributed by atoms with Crippen LogP contribution in [0.25, 0.3) is 0 Å². The molecule has 1 aromatic heterocycles. The number of hydrogen-bond acceptors (Lipinski definition) is 3. The van der Waals surface area contributed by atoms with Crippen LogP contribution in [0.4, 0.5) is 4.39 Å². The van der Waals surface area contributed by atoms with Crippen LogP contribution in [0.1, 0.15) is 15.9 Å². The molecule has 1 heterocycles. The minimum atomic E-state index is -1.05. The lowest BCUT2D eigenvalue weighted by molar-refractivity contribution is 0.0692. The van der Waals surface area contributed by atoms with Crippen LogP contribution >= 0.6 is 23.4 Å². The number of thioether (sulfide) groups is 1. The van der Waals surface area contributed by atoms with Gasteiger partial charge in [0.25, 0.3) is 0 Å². The van der Waals surface area contributed by atoms with E-state index in [4.69, 9.17) is 16.7 Å². The van der Waals surface area contributed by atoms with Crippen molar-refractivity contribution < 1.29 is 14.3 Å². The minimum absolute atomic E-state index is 0.0533. The van der Waals surface area contributed by atoms with Crippen LogP contribution in [0.5, 0.6) is 0 Å². The summed E-state index contributed by atoms with van der Waals surface area (Å²) in [5.41, 5.74) is 0.523. The maximum atomic E-state index is 13.7. The molecule has 2 rings (SSSR count). The Morgan fingerprint density at radius 2 is 2.16 bits per heavy atom. The number of halogens is 2. The third-order valence-corrected chi connectivity index (χ3v) is 3.74. The van der Waals surface area contributed by atoms with E-state index in [1.807, 2.05) is 0 Å². The van der Waals surface area contributed by atoms with E-state index in [0.717, 1.165) is 11.8 Å². The van der Waals surface area contributed by atoms with E-state index in [0.29, 0.717) is 10.6 Å². The number of carboxylic acids is 1. The van der Waals surface area contributed by atoms with Gasteiger partial charge in [0, 0.05) is 11.9 Å². The van der Waals surface area contributed by atoms with Gasteiger partial charge >= 0.3 is 5.97 Å². The van der Waals surface area contributed by atoms with Gasteiger partial charge in [-0.25, -0.2) is 14.2 Å². The first-order valence-electron chi connectivity index (χ1n) is 5.33. The molecule has 0 amide bonds. The average Bonchev–Trinajstić information content (AvgIpc) is 2.40. The molecule has 1 N–H and O–H groups in total. The number of rotatable bonds is 4. The van der Waals surface area contributed by atoms with Gasteiger partial charge in [-0.3, -0.25) is 0 Å². The van der Waals surface area contributed by atoms with Crippen molar-refractivity contribution in [2.24, 2.45) is 0 Å². The SMILES string of the molecule is O=C(O)c1cccnc1SCc1cccc(Cl)c1F. The summed E-state index contributed by atoms with van der Waals surface area (Å²) in [6.07, 6.45) is 1.50. The monoisotopic (exact) mass is 297 g/mol. The number of aromatic carboxylic acids is 1. The van der Waals surface area contributed by atoms with Gasteiger partial charge in [0.2, 0.25) is 0 Å². The summed E-state index contributed by atoms with van der Waals surface area (Å²) in [5.74, 6) is -1.27. The number of carboxylic acid groups (broad SMARTS) is 1. The molecule has 2 aromatic rings. The van der Waals surface area contributed by atoms with Crippen LogP contribution in [-0.4, -0.2) is 16.1 Å². The lowest BCUT2D eigenvalue weighted by Gasteiger charge is -2.06. The molecular formula is C13H9ClFNO2S. The van der Waals surface area contributed by atoms with Gasteiger partial charge in [-0.15, -0.1) is 11.8 Å². The summed E-state index contributed by atoms with van der Waals surface area (Å²) in [7, 11) is 0. The topological polar surface area (TPSA) is 50.2 Å². The first-order chi connectivity index (χ1) is 9.09. The van der Waals surface area contributed by atoms with Gasteiger partial charge in [-0.2, -0.15) is 0 Å². The van der Waals surface area contributed by atoms with Crippen molar-refractivity contribution in [3.63, 3.8) is 0 Å². The van der Waals surface area contributed by atoms with Crippen LogP contribution in [0.3, 0.4) is 0 Å². The fourth-order valence-corrected chi connectivity index (χ4v) is 2.63. The highest BCUT2D eigenvalue weighted by molar-refractivity contribution is 7.98. The molecule has 0 fully saturated rings. The van der Waals surface area contributed by atoms with E-state index in [1.165, 1.54) is 18.3 Å². The molecule has 1 aromatic carbocycles. The molecule has 0 saturated carbocycles. The van der Waals surface area contributed by atoms with Crippen molar-refractivity contribution in [2.45, 2.75) is 10.8 Å². The molecule has 98 valence electrons. The van der Waals surface area contributed by atoms with Gasteiger partial charge in [0.1, 0.15) is 10.8 Å². The second-order valence-electron chi connectivity index (χ2n) is 3.66. The standard InChI is InChI=1S/C13H9ClFNO2S/c14-10-5-1-3-8(11(10)15)7-19-12-9(13(17)18)4-2-6-16-12/h1-6H,7H2,(H,17,18). The van der Waals surface area contributed by atoms with E-state index in [1.54, 1.807) is 18.2 Å². The molecule has 0 spiro atoms. The third-order valence-electron chi connectivity index (χ3n) is 2.40. The van der Waals surface area contributed by atoms with Gasteiger partial charge in [0.15, 0.2) is 0 Å². The smallest absolute Gasteiger partial charge is 0.338 e. The Labute approximate surface area is 118 Å². The third kappa shape index (κ3) is 3.24. The second-order valence-corrected chi connectivity index (χ2v) is 5.03. The predicted molar refractivity (Wildman–Crippen MR) is 72.2 cm³/mol. The molecule has 3 nitrogen and oxygen atoms in total. The number of hydrogen-bond donors (Lipinski definition) is 1. The summed E-state index contributed by atoms with van der Waals surface area (Å²) in [4.78, 5) is 15.0. The number of aromatic nitrogens is 1. The normalized spacial score (nSPS) is 10.4. The summed E-state index contributed by atoms with van der Waals surface area (Å²) in [6, 6.07) is 7.74. The first kappa shape index (κ1) is 13.8. The predicted octanol–water partition coefficient (Wildman–Crippen LogP) is 3.86. The molecule has 0 radical (unpaired) electrons. The molecule has 0 atom stereocenters. The summed E-state index contributed by atoms with van der Waals surface area (Å²) >= 11 is 6.84. The molecular weight excluding hydrogens is 289 g/mol. The lowest BCUT2D eigenvalue weighted by Crippen LogP contribution is -2.00. The highest BCUT2D eigenvalue weighted by Crippen LogP contribution is 2.27. The highest BCUT2D eigenvalue weighted by atomic mass is 35.5. The van der Waals surface area contributed by atoms with Gasteiger partial charge in [-0.1, -0.05) is 23.7 Å². The highest BCUT2D eigenvalue weighted by Gasteiger charge is 2.13. The number of nitrogens with zero attached hydrogens (tertiary/aromatic N) is 1. The fraction of sp³-hybridized carbons (Fsp3) is 0.0769. The average molecular weight is 298 g/mol. The molecule has 0 unspecified atom stereocenters. The maximum absolute atomic E-state index is 13.7. The molecule has 0 saturated heterocycles. The number of pyridine rings is 1. The number of benzene rings is 1. The van der Waals surface area contributed by atoms with Crippen molar-refractivity contribution in [3.8, 4) is 0 Å².